The van der Waals surface area contributed by atoms with Gasteiger partial charge in [-0.15, -0.1) is 0 Å². The number of rotatable bonds is 2. The van der Waals surface area contributed by atoms with E-state index in [2.05, 4.69) is 20.6 Å². The minimum atomic E-state index is 0.464. The molecule has 1 saturated carbocycles. The van der Waals surface area contributed by atoms with Crippen molar-refractivity contribution >= 4 is 0 Å². The van der Waals surface area contributed by atoms with Crippen molar-refractivity contribution in [3.8, 4) is 0 Å². The number of fused-ring (bicyclic) bond motifs is 1. The summed E-state index contributed by atoms with van der Waals surface area (Å²) in [4.78, 5) is 6.97. The van der Waals surface area contributed by atoms with Gasteiger partial charge in [0.1, 0.15) is 5.82 Å². The van der Waals surface area contributed by atoms with Crippen LogP contribution in [0.25, 0.3) is 0 Å². The molecule has 1 aromatic rings. The van der Waals surface area contributed by atoms with Crippen LogP contribution in [0.15, 0.2) is 12.4 Å². The third-order valence-electron chi connectivity index (χ3n) is 4.23. The van der Waals surface area contributed by atoms with Crippen molar-refractivity contribution in [1.82, 2.24) is 14.5 Å². The largest absolute Gasteiger partial charge is 0.333 e. The molecule has 0 aromatic carbocycles. The SMILES string of the molecule is NC1CCC(CN2CCn3ccnc3C2)CC1. The van der Waals surface area contributed by atoms with Crippen LogP contribution in [0, 0.1) is 5.92 Å². The van der Waals surface area contributed by atoms with E-state index in [1.165, 1.54) is 44.6 Å². The number of hydrogen-bond acceptors (Lipinski definition) is 3. The molecule has 4 heteroatoms. The topological polar surface area (TPSA) is 47.1 Å². The van der Waals surface area contributed by atoms with Crippen LogP contribution in [0.3, 0.4) is 0 Å². The average Bonchev–Trinajstić information content (AvgIpc) is 2.79. The van der Waals surface area contributed by atoms with E-state index in [9.17, 15) is 0 Å². The second kappa shape index (κ2) is 4.78. The summed E-state index contributed by atoms with van der Waals surface area (Å²) in [6.07, 6.45) is 9.06. The van der Waals surface area contributed by atoms with E-state index in [1.807, 2.05) is 6.20 Å². The highest BCUT2D eigenvalue weighted by molar-refractivity contribution is 4.95. The van der Waals surface area contributed by atoms with Crippen molar-refractivity contribution in [2.75, 3.05) is 13.1 Å². The predicted octanol–water partition coefficient (Wildman–Crippen LogP) is 1.22. The van der Waals surface area contributed by atoms with Crippen LogP contribution in [-0.2, 0) is 13.1 Å². The first-order valence-corrected chi connectivity index (χ1v) is 6.79. The van der Waals surface area contributed by atoms with Crippen LogP contribution in [-0.4, -0.2) is 33.6 Å². The number of imidazole rings is 1. The Morgan fingerprint density at radius 1 is 1.24 bits per heavy atom. The van der Waals surface area contributed by atoms with E-state index in [4.69, 9.17) is 5.73 Å². The Labute approximate surface area is 103 Å². The minimum absolute atomic E-state index is 0.464. The van der Waals surface area contributed by atoms with Crippen molar-refractivity contribution in [1.29, 1.82) is 0 Å². The molecule has 0 spiro atoms. The number of nitrogens with zero attached hydrogens (tertiary/aromatic N) is 3. The van der Waals surface area contributed by atoms with E-state index in [0.717, 1.165) is 19.0 Å². The van der Waals surface area contributed by atoms with E-state index in [-0.39, 0.29) is 0 Å². The van der Waals surface area contributed by atoms with Crippen LogP contribution in [0.5, 0.6) is 0 Å². The molecule has 1 aliphatic carbocycles. The predicted molar refractivity (Wildman–Crippen MR) is 67.4 cm³/mol. The molecule has 0 amide bonds. The van der Waals surface area contributed by atoms with Crippen molar-refractivity contribution in [3.63, 3.8) is 0 Å². The first kappa shape index (κ1) is 11.2. The van der Waals surface area contributed by atoms with Crippen molar-refractivity contribution < 1.29 is 0 Å². The third-order valence-corrected chi connectivity index (χ3v) is 4.23. The van der Waals surface area contributed by atoms with E-state index >= 15 is 0 Å². The molecule has 1 fully saturated rings. The first-order valence-electron chi connectivity index (χ1n) is 6.79. The van der Waals surface area contributed by atoms with Gasteiger partial charge in [0.05, 0.1) is 6.54 Å². The summed E-state index contributed by atoms with van der Waals surface area (Å²) >= 11 is 0. The molecule has 3 rings (SSSR count). The average molecular weight is 234 g/mol. The Hall–Kier alpha value is -0.870. The van der Waals surface area contributed by atoms with Gasteiger partial charge in [-0.1, -0.05) is 0 Å². The van der Waals surface area contributed by atoms with Gasteiger partial charge in [0.15, 0.2) is 0 Å². The van der Waals surface area contributed by atoms with Crippen molar-refractivity contribution in [2.24, 2.45) is 11.7 Å². The van der Waals surface area contributed by atoms with Crippen molar-refractivity contribution in [3.05, 3.63) is 18.2 Å². The van der Waals surface area contributed by atoms with Gasteiger partial charge in [0.2, 0.25) is 0 Å². The number of hydrogen-bond donors (Lipinski definition) is 1. The molecule has 0 bridgehead atoms. The molecule has 17 heavy (non-hydrogen) atoms. The molecule has 0 radical (unpaired) electrons. The molecule has 2 N–H and O–H groups in total. The first-order chi connectivity index (χ1) is 8.31. The lowest BCUT2D eigenvalue weighted by atomic mass is 9.86. The van der Waals surface area contributed by atoms with Gasteiger partial charge in [-0.25, -0.2) is 4.98 Å². The zero-order valence-electron chi connectivity index (χ0n) is 10.4. The van der Waals surface area contributed by atoms with E-state index in [1.54, 1.807) is 0 Å². The van der Waals surface area contributed by atoms with Gasteiger partial charge in [-0.05, 0) is 31.6 Å². The molecular formula is C13H22N4. The summed E-state index contributed by atoms with van der Waals surface area (Å²) in [6, 6.07) is 0.464. The van der Waals surface area contributed by atoms with E-state index < -0.39 is 0 Å². The van der Waals surface area contributed by atoms with Crippen LogP contribution in [0.4, 0.5) is 0 Å². The zero-order chi connectivity index (χ0) is 11.7. The fourth-order valence-electron chi connectivity index (χ4n) is 3.12. The van der Waals surface area contributed by atoms with E-state index in [0.29, 0.717) is 6.04 Å². The molecule has 4 nitrogen and oxygen atoms in total. The Morgan fingerprint density at radius 2 is 2.06 bits per heavy atom. The molecule has 2 aliphatic rings. The lowest BCUT2D eigenvalue weighted by molar-refractivity contribution is 0.161. The maximum Gasteiger partial charge on any atom is 0.122 e. The van der Waals surface area contributed by atoms with Gasteiger partial charge >= 0.3 is 0 Å². The molecule has 0 unspecified atom stereocenters. The second-order valence-corrected chi connectivity index (χ2v) is 5.55. The van der Waals surface area contributed by atoms with Crippen LogP contribution in [0.2, 0.25) is 0 Å². The molecule has 2 heterocycles. The van der Waals surface area contributed by atoms with Gasteiger partial charge in [-0.3, -0.25) is 4.90 Å². The third kappa shape index (κ3) is 2.53. The highest BCUT2D eigenvalue weighted by Gasteiger charge is 2.23. The normalized spacial score (nSPS) is 30.2. The fraction of sp³-hybridized carbons (Fsp3) is 0.769. The molecule has 1 aromatic heterocycles. The monoisotopic (exact) mass is 234 g/mol. The molecule has 0 atom stereocenters. The van der Waals surface area contributed by atoms with Gasteiger partial charge < -0.3 is 10.3 Å². The second-order valence-electron chi connectivity index (χ2n) is 5.55. The molecule has 1 aliphatic heterocycles. The minimum Gasteiger partial charge on any atom is -0.333 e. The van der Waals surface area contributed by atoms with Crippen molar-refractivity contribution in [2.45, 2.75) is 44.8 Å². The summed E-state index contributed by atoms with van der Waals surface area (Å²) in [5.41, 5.74) is 5.95. The highest BCUT2D eigenvalue weighted by atomic mass is 15.2. The molecule has 0 saturated heterocycles. The summed E-state index contributed by atoms with van der Waals surface area (Å²) in [6.45, 7) is 4.53. The maximum atomic E-state index is 5.95. The number of nitrogens with two attached hydrogens (primary N) is 1. The summed E-state index contributed by atoms with van der Waals surface area (Å²) in [5.74, 6) is 2.08. The summed E-state index contributed by atoms with van der Waals surface area (Å²) < 4.78 is 2.27. The van der Waals surface area contributed by atoms with Gasteiger partial charge in [0, 0.05) is 38.1 Å². The smallest absolute Gasteiger partial charge is 0.122 e. The Kier molecular flexibility index (Phi) is 3.16. The molecule has 94 valence electrons. The highest BCUT2D eigenvalue weighted by Crippen LogP contribution is 2.25. The van der Waals surface area contributed by atoms with Crippen LogP contribution in [0.1, 0.15) is 31.5 Å². The standard InChI is InChI=1S/C13H22N4/c14-12-3-1-11(2-4-12)9-16-7-8-17-6-5-15-13(17)10-16/h5-6,11-12H,1-4,7-10,14H2. The zero-order valence-corrected chi connectivity index (χ0v) is 10.4. The number of aromatic nitrogens is 2. The molecular weight excluding hydrogens is 212 g/mol. The Bertz CT molecular complexity index is 365. The lowest BCUT2D eigenvalue weighted by Gasteiger charge is -2.33. The van der Waals surface area contributed by atoms with Gasteiger partial charge in [-0.2, -0.15) is 0 Å². The van der Waals surface area contributed by atoms with Gasteiger partial charge in [0.25, 0.3) is 0 Å². The van der Waals surface area contributed by atoms with Crippen LogP contribution < -0.4 is 5.73 Å². The lowest BCUT2D eigenvalue weighted by Crippen LogP contribution is -2.39. The fourth-order valence-corrected chi connectivity index (χ4v) is 3.12. The maximum absolute atomic E-state index is 5.95. The van der Waals surface area contributed by atoms with Crippen LogP contribution >= 0.6 is 0 Å². The quantitative estimate of drug-likeness (QED) is 0.837. The Balaban J connectivity index is 1.54. The summed E-state index contributed by atoms with van der Waals surface area (Å²) in [7, 11) is 0. The Morgan fingerprint density at radius 3 is 2.88 bits per heavy atom. The summed E-state index contributed by atoms with van der Waals surface area (Å²) in [5, 5.41) is 0.